The Morgan fingerprint density at radius 3 is 2.42 bits per heavy atom. The normalized spacial score (nSPS) is 19.5. The highest BCUT2D eigenvalue weighted by Crippen LogP contribution is 2.36. The first kappa shape index (κ1) is 23.3. The number of ether oxygens (including phenoxy) is 4. The molecule has 2 N–H and O–H groups in total. The topological polar surface area (TPSA) is 80.6 Å². The fraction of sp³-hybridized carbons (Fsp3) is 0.500. The quantitative estimate of drug-likeness (QED) is 0.632. The van der Waals surface area contributed by atoms with E-state index in [1.807, 2.05) is 50.2 Å². The molecule has 31 heavy (non-hydrogen) atoms. The molecule has 0 saturated carbocycles. The molecule has 1 aliphatic heterocycles. The number of methoxy groups -OCH3 is 2. The Balaban J connectivity index is 1.90. The average Bonchev–Trinajstić information content (AvgIpc) is 2.79. The van der Waals surface area contributed by atoms with Crippen molar-refractivity contribution >= 4 is 0 Å². The highest BCUT2D eigenvalue weighted by Gasteiger charge is 2.34. The smallest absolute Gasteiger partial charge is 0.161 e. The van der Waals surface area contributed by atoms with Crippen LogP contribution in [-0.4, -0.2) is 61.3 Å². The van der Waals surface area contributed by atoms with Gasteiger partial charge in [0, 0.05) is 18.7 Å². The molecule has 7 heteroatoms. The summed E-state index contributed by atoms with van der Waals surface area (Å²) in [5, 5.41) is 19.8. The molecule has 0 amide bonds. The Hall–Kier alpha value is -2.32. The zero-order valence-electron chi connectivity index (χ0n) is 18.7. The van der Waals surface area contributed by atoms with Gasteiger partial charge in [0.25, 0.3) is 0 Å². The van der Waals surface area contributed by atoms with E-state index in [0.717, 1.165) is 16.7 Å². The van der Waals surface area contributed by atoms with Gasteiger partial charge in [-0.05, 0) is 49.2 Å². The molecule has 7 nitrogen and oxygen atoms in total. The van der Waals surface area contributed by atoms with E-state index in [-0.39, 0.29) is 31.5 Å². The van der Waals surface area contributed by atoms with E-state index in [0.29, 0.717) is 36.9 Å². The van der Waals surface area contributed by atoms with Gasteiger partial charge in [0.1, 0.15) is 11.9 Å². The number of hydrogen-bond donors (Lipinski definition) is 2. The summed E-state index contributed by atoms with van der Waals surface area (Å²) in [5.41, 5.74) is 2.81. The van der Waals surface area contributed by atoms with Crippen molar-refractivity contribution in [3.63, 3.8) is 0 Å². The maximum absolute atomic E-state index is 9.98. The molecule has 1 fully saturated rings. The standard InChI is InChI=1S/C24H33NO6/c1-16(2)31-20-7-5-17(11-19(20)14-26)13-25-9-10-30-23(15-27)24(25)18-6-8-21(28-3)22(12-18)29-4/h5-8,11-12,16,23-24,26-27H,9-10,13-15H2,1-4H3/t23-,24-/m1/s1. The van der Waals surface area contributed by atoms with Crippen molar-refractivity contribution in [3.05, 3.63) is 53.1 Å². The maximum atomic E-state index is 9.98. The van der Waals surface area contributed by atoms with Crippen LogP contribution in [0.2, 0.25) is 0 Å². The molecule has 2 aromatic rings. The van der Waals surface area contributed by atoms with Crippen LogP contribution in [0.25, 0.3) is 0 Å². The lowest BCUT2D eigenvalue weighted by atomic mass is 9.96. The van der Waals surface area contributed by atoms with Crippen LogP contribution < -0.4 is 14.2 Å². The molecule has 0 bridgehead atoms. The SMILES string of the molecule is COc1ccc([C@@H]2[C@@H](CO)OCCN2Cc2ccc(OC(C)C)c(CO)c2)cc1OC. The van der Waals surface area contributed by atoms with Crippen LogP contribution in [0.15, 0.2) is 36.4 Å². The van der Waals surface area contributed by atoms with Crippen LogP contribution in [-0.2, 0) is 17.9 Å². The molecular weight excluding hydrogens is 398 g/mol. The minimum atomic E-state index is -0.354. The predicted molar refractivity (Wildman–Crippen MR) is 118 cm³/mol. The van der Waals surface area contributed by atoms with Gasteiger partial charge in [-0.25, -0.2) is 0 Å². The minimum Gasteiger partial charge on any atom is -0.493 e. The third-order valence-electron chi connectivity index (χ3n) is 5.43. The molecule has 1 saturated heterocycles. The fourth-order valence-electron chi connectivity index (χ4n) is 4.04. The fourth-order valence-corrected chi connectivity index (χ4v) is 4.04. The number of nitrogens with zero attached hydrogens (tertiary/aromatic N) is 1. The van der Waals surface area contributed by atoms with Crippen LogP contribution in [0, 0.1) is 0 Å². The van der Waals surface area contributed by atoms with E-state index in [4.69, 9.17) is 18.9 Å². The summed E-state index contributed by atoms with van der Waals surface area (Å²) in [4.78, 5) is 2.28. The van der Waals surface area contributed by atoms with Gasteiger partial charge in [0.05, 0.1) is 46.2 Å². The zero-order chi connectivity index (χ0) is 22.4. The molecule has 3 rings (SSSR count). The second-order valence-electron chi connectivity index (χ2n) is 7.89. The highest BCUT2D eigenvalue weighted by molar-refractivity contribution is 5.44. The number of morpholine rings is 1. The number of aliphatic hydroxyl groups excluding tert-OH is 2. The van der Waals surface area contributed by atoms with E-state index in [1.165, 1.54) is 0 Å². The third-order valence-corrected chi connectivity index (χ3v) is 5.43. The lowest BCUT2D eigenvalue weighted by molar-refractivity contribution is -0.0961. The second-order valence-corrected chi connectivity index (χ2v) is 7.89. The molecule has 2 atom stereocenters. The van der Waals surface area contributed by atoms with Crippen molar-refractivity contribution in [1.29, 1.82) is 0 Å². The van der Waals surface area contributed by atoms with Crippen LogP contribution in [0.1, 0.15) is 36.6 Å². The Morgan fingerprint density at radius 2 is 1.77 bits per heavy atom. The third kappa shape index (κ3) is 5.49. The summed E-state index contributed by atoms with van der Waals surface area (Å²) in [6.45, 7) is 5.66. The molecule has 0 aromatic heterocycles. The number of rotatable bonds is 9. The van der Waals surface area contributed by atoms with Crippen molar-refractivity contribution in [1.82, 2.24) is 4.90 Å². The van der Waals surface area contributed by atoms with Gasteiger partial charge in [-0.15, -0.1) is 0 Å². The summed E-state index contributed by atoms with van der Waals surface area (Å²) in [6, 6.07) is 11.6. The lowest BCUT2D eigenvalue weighted by Crippen LogP contribution is -2.46. The molecule has 0 aliphatic carbocycles. The Kier molecular flexibility index (Phi) is 8.15. The highest BCUT2D eigenvalue weighted by atomic mass is 16.5. The number of hydrogen-bond acceptors (Lipinski definition) is 7. The van der Waals surface area contributed by atoms with Crippen LogP contribution >= 0.6 is 0 Å². The first-order chi connectivity index (χ1) is 15.0. The van der Waals surface area contributed by atoms with Crippen molar-refractivity contribution < 1.29 is 29.2 Å². The summed E-state index contributed by atoms with van der Waals surface area (Å²) in [7, 11) is 3.22. The van der Waals surface area contributed by atoms with E-state index >= 15 is 0 Å². The molecule has 1 heterocycles. The predicted octanol–water partition coefficient (Wildman–Crippen LogP) is 2.92. The Bertz CT molecular complexity index is 856. The lowest BCUT2D eigenvalue weighted by Gasteiger charge is -2.41. The molecule has 0 spiro atoms. The molecule has 2 aromatic carbocycles. The van der Waals surface area contributed by atoms with Crippen molar-refractivity contribution in [2.24, 2.45) is 0 Å². The van der Waals surface area contributed by atoms with Crippen molar-refractivity contribution in [2.45, 2.75) is 45.2 Å². The van der Waals surface area contributed by atoms with Gasteiger partial charge in [-0.1, -0.05) is 12.1 Å². The molecule has 1 aliphatic rings. The van der Waals surface area contributed by atoms with Gasteiger partial charge in [0.2, 0.25) is 0 Å². The van der Waals surface area contributed by atoms with E-state index in [1.54, 1.807) is 14.2 Å². The van der Waals surface area contributed by atoms with Gasteiger partial charge < -0.3 is 29.2 Å². The van der Waals surface area contributed by atoms with E-state index in [9.17, 15) is 10.2 Å². The molecule has 0 radical (unpaired) electrons. The summed E-state index contributed by atoms with van der Waals surface area (Å²) >= 11 is 0. The van der Waals surface area contributed by atoms with Crippen LogP contribution in [0.3, 0.4) is 0 Å². The molecule has 170 valence electrons. The first-order valence-corrected chi connectivity index (χ1v) is 10.6. The van der Waals surface area contributed by atoms with E-state index in [2.05, 4.69) is 4.90 Å². The first-order valence-electron chi connectivity index (χ1n) is 10.6. The van der Waals surface area contributed by atoms with Gasteiger partial charge in [0.15, 0.2) is 11.5 Å². The summed E-state index contributed by atoms with van der Waals surface area (Å²) < 4.78 is 22.5. The van der Waals surface area contributed by atoms with Gasteiger partial charge in [-0.2, -0.15) is 0 Å². The number of benzene rings is 2. The summed E-state index contributed by atoms with van der Waals surface area (Å²) in [6.07, 6.45) is -0.317. The van der Waals surface area contributed by atoms with Crippen molar-refractivity contribution in [2.75, 3.05) is 34.0 Å². The van der Waals surface area contributed by atoms with Crippen LogP contribution in [0.5, 0.6) is 17.2 Å². The van der Waals surface area contributed by atoms with Gasteiger partial charge >= 0.3 is 0 Å². The Labute approximate surface area is 184 Å². The second kappa shape index (κ2) is 10.8. The van der Waals surface area contributed by atoms with Crippen molar-refractivity contribution in [3.8, 4) is 17.2 Å². The van der Waals surface area contributed by atoms with E-state index < -0.39 is 0 Å². The molecule has 0 unspecified atom stereocenters. The maximum Gasteiger partial charge on any atom is 0.161 e. The zero-order valence-corrected chi connectivity index (χ0v) is 18.7. The Morgan fingerprint density at radius 1 is 1.03 bits per heavy atom. The molecular formula is C24H33NO6. The number of aliphatic hydroxyl groups is 2. The minimum absolute atomic E-state index is 0.0372. The van der Waals surface area contributed by atoms with Crippen LogP contribution in [0.4, 0.5) is 0 Å². The largest absolute Gasteiger partial charge is 0.493 e. The average molecular weight is 432 g/mol. The summed E-state index contributed by atoms with van der Waals surface area (Å²) in [5.74, 6) is 2.00. The van der Waals surface area contributed by atoms with Gasteiger partial charge in [-0.3, -0.25) is 4.90 Å². The monoisotopic (exact) mass is 431 g/mol.